The zero-order chi connectivity index (χ0) is 22.0. The molecule has 0 saturated heterocycles. The van der Waals surface area contributed by atoms with Crippen LogP contribution in [-0.4, -0.2) is 41.0 Å². The third kappa shape index (κ3) is 4.04. The summed E-state index contributed by atoms with van der Waals surface area (Å²) < 4.78 is 0. The number of nitrogens with one attached hydrogen (secondary N) is 2. The Morgan fingerprint density at radius 2 is 2.00 bits per heavy atom. The first-order chi connectivity index (χ1) is 15.0. The van der Waals surface area contributed by atoms with Crippen molar-refractivity contribution in [1.82, 2.24) is 20.3 Å². The summed E-state index contributed by atoms with van der Waals surface area (Å²) in [5, 5.41) is 12.0. The predicted molar refractivity (Wildman–Crippen MR) is 126 cm³/mol. The van der Waals surface area contributed by atoms with Crippen LogP contribution < -0.4 is 22.2 Å². The molecule has 3 aromatic rings. The zero-order valence-electron chi connectivity index (χ0n) is 17.9. The van der Waals surface area contributed by atoms with Crippen LogP contribution >= 0.6 is 0 Å². The Balaban J connectivity index is 1.67. The lowest BCUT2D eigenvalue weighted by Gasteiger charge is -2.30. The zero-order valence-corrected chi connectivity index (χ0v) is 17.9. The second-order valence-corrected chi connectivity index (χ2v) is 7.85. The molecule has 1 saturated carbocycles. The van der Waals surface area contributed by atoms with Crippen LogP contribution in [0.5, 0.6) is 0 Å². The number of aliphatic imine (C=N–C) groups is 1. The topological polar surface area (TPSA) is 139 Å². The number of pyridine rings is 3. The molecule has 0 amide bonds. The van der Waals surface area contributed by atoms with Gasteiger partial charge in [0.15, 0.2) is 0 Å². The van der Waals surface area contributed by atoms with E-state index >= 15 is 0 Å². The fourth-order valence-corrected chi connectivity index (χ4v) is 3.88. The quantitative estimate of drug-likeness (QED) is 0.263. The normalized spacial score (nSPS) is 16.5. The van der Waals surface area contributed by atoms with Crippen molar-refractivity contribution in [2.45, 2.75) is 25.3 Å². The molecule has 0 radical (unpaired) electrons. The van der Waals surface area contributed by atoms with Gasteiger partial charge >= 0.3 is 0 Å². The van der Waals surface area contributed by atoms with Crippen LogP contribution in [-0.2, 0) is 5.54 Å². The molecule has 4 rings (SSSR count). The molecule has 3 aromatic heterocycles. The minimum atomic E-state index is -0.0639. The predicted octanol–water partition coefficient (Wildman–Crippen LogP) is 2.56. The number of rotatable bonds is 7. The summed E-state index contributed by atoms with van der Waals surface area (Å²) >= 11 is 0. The molecule has 1 aliphatic carbocycles. The Kier molecular flexibility index (Phi) is 5.51. The van der Waals surface area contributed by atoms with E-state index in [4.69, 9.17) is 11.6 Å². The molecule has 160 valence electrons. The number of hydrogen-bond donors (Lipinski definition) is 4. The van der Waals surface area contributed by atoms with Crippen LogP contribution in [0.15, 0.2) is 46.8 Å². The van der Waals surface area contributed by atoms with Gasteiger partial charge in [0.2, 0.25) is 0 Å². The summed E-state index contributed by atoms with van der Waals surface area (Å²) in [7, 11) is 3.66. The molecule has 9 heteroatoms. The number of anilines is 3. The van der Waals surface area contributed by atoms with E-state index in [-0.39, 0.29) is 5.54 Å². The maximum absolute atomic E-state index is 6.14. The Bertz CT molecular complexity index is 1170. The van der Waals surface area contributed by atoms with E-state index in [2.05, 4.69) is 54.7 Å². The molecule has 3 heterocycles. The van der Waals surface area contributed by atoms with E-state index in [1.807, 2.05) is 25.4 Å². The fourth-order valence-electron chi connectivity index (χ4n) is 3.88. The maximum atomic E-state index is 6.14. The van der Waals surface area contributed by atoms with E-state index in [0.717, 1.165) is 16.6 Å². The molecule has 0 aliphatic heterocycles. The average molecular weight is 418 g/mol. The van der Waals surface area contributed by atoms with Crippen molar-refractivity contribution < 1.29 is 0 Å². The standard InChI is InChI=1S/C22H27N9/c1-22(26-3,14-4-5-14)15-6-7-27-20(10-15)31-19-9-13-8-17(18(25-2)12-29-24)30-21(23)16(13)11-28-19/h6-12,14,26H,4-5,24H2,1-3H3,(H2,23,30)(H,27,28,31)/t22-/m0/s1. The minimum Gasteiger partial charge on any atom is -0.383 e. The third-order valence-corrected chi connectivity index (χ3v) is 5.97. The summed E-state index contributed by atoms with van der Waals surface area (Å²) in [6.07, 6.45) is 7.46. The van der Waals surface area contributed by atoms with Gasteiger partial charge in [-0.1, -0.05) is 0 Å². The lowest BCUT2D eigenvalue weighted by atomic mass is 9.87. The number of hydrogen-bond acceptors (Lipinski definition) is 9. The number of aromatic nitrogens is 3. The van der Waals surface area contributed by atoms with Crippen molar-refractivity contribution in [1.29, 1.82) is 0 Å². The molecule has 9 nitrogen and oxygen atoms in total. The van der Waals surface area contributed by atoms with Gasteiger partial charge in [0.1, 0.15) is 23.2 Å². The highest BCUT2D eigenvalue weighted by Crippen LogP contribution is 2.45. The van der Waals surface area contributed by atoms with Crippen molar-refractivity contribution in [3.05, 3.63) is 47.9 Å². The molecule has 1 aliphatic rings. The fraction of sp³-hybridized carbons (Fsp3) is 0.318. The third-order valence-electron chi connectivity index (χ3n) is 5.97. The number of fused-ring (bicyclic) bond motifs is 1. The van der Waals surface area contributed by atoms with Crippen molar-refractivity contribution in [2.75, 3.05) is 25.1 Å². The molecule has 0 bridgehead atoms. The van der Waals surface area contributed by atoms with Crippen molar-refractivity contribution in [2.24, 2.45) is 21.9 Å². The van der Waals surface area contributed by atoms with Gasteiger partial charge in [-0.2, -0.15) is 5.10 Å². The Morgan fingerprint density at radius 3 is 2.68 bits per heavy atom. The van der Waals surface area contributed by atoms with Gasteiger partial charge in [-0.3, -0.25) is 4.99 Å². The first kappa shape index (κ1) is 20.7. The SMILES string of the molecule is CN=C(C=NN)c1cc2cc(Nc3cc([C@@](C)(NC)C4CC4)ccn3)ncc2c(N)n1. The van der Waals surface area contributed by atoms with Crippen molar-refractivity contribution in [3.8, 4) is 0 Å². The summed E-state index contributed by atoms with van der Waals surface area (Å²) in [6.45, 7) is 2.24. The Labute approximate surface area is 181 Å². The maximum Gasteiger partial charge on any atom is 0.133 e. The van der Waals surface area contributed by atoms with Crippen molar-refractivity contribution in [3.63, 3.8) is 0 Å². The van der Waals surface area contributed by atoms with E-state index < -0.39 is 0 Å². The molecule has 0 aromatic carbocycles. The van der Waals surface area contributed by atoms with Crippen LogP contribution in [0.3, 0.4) is 0 Å². The molecule has 1 fully saturated rings. The molecular formula is C22H27N9. The molecular weight excluding hydrogens is 390 g/mol. The van der Waals surface area contributed by atoms with Crippen LogP contribution in [0.2, 0.25) is 0 Å². The van der Waals surface area contributed by atoms with Crippen LogP contribution in [0, 0.1) is 5.92 Å². The van der Waals surface area contributed by atoms with Gasteiger partial charge in [0.05, 0.1) is 11.9 Å². The van der Waals surface area contributed by atoms with Gasteiger partial charge in [-0.05, 0) is 67.9 Å². The molecule has 1 atom stereocenters. The minimum absolute atomic E-state index is 0.0639. The van der Waals surface area contributed by atoms with Crippen LogP contribution in [0.25, 0.3) is 10.8 Å². The summed E-state index contributed by atoms with van der Waals surface area (Å²) in [4.78, 5) is 17.5. The summed E-state index contributed by atoms with van der Waals surface area (Å²) in [6, 6.07) is 7.94. The second kappa shape index (κ2) is 8.27. The van der Waals surface area contributed by atoms with Crippen LogP contribution in [0.4, 0.5) is 17.5 Å². The average Bonchev–Trinajstić information content (AvgIpc) is 3.63. The first-order valence-corrected chi connectivity index (χ1v) is 10.2. The highest BCUT2D eigenvalue weighted by molar-refractivity contribution is 6.38. The summed E-state index contributed by atoms with van der Waals surface area (Å²) in [5.74, 6) is 7.69. The van der Waals surface area contributed by atoms with Gasteiger partial charge in [0.25, 0.3) is 0 Å². The van der Waals surface area contributed by atoms with E-state index in [0.29, 0.717) is 29.0 Å². The largest absolute Gasteiger partial charge is 0.383 e. The number of nitrogen functional groups attached to an aromatic ring is 1. The van der Waals surface area contributed by atoms with E-state index in [1.165, 1.54) is 24.6 Å². The van der Waals surface area contributed by atoms with Gasteiger partial charge < -0.3 is 22.2 Å². The van der Waals surface area contributed by atoms with Crippen molar-refractivity contribution >= 4 is 40.2 Å². The highest BCUT2D eigenvalue weighted by Gasteiger charge is 2.41. The van der Waals surface area contributed by atoms with Gasteiger partial charge in [0, 0.05) is 30.4 Å². The Hall–Kier alpha value is -3.59. The number of nitrogens with two attached hydrogens (primary N) is 2. The van der Waals surface area contributed by atoms with E-state index in [1.54, 1.807) is 13.2 Å². The summed E-state index contributed by atoms with van der Waals surface area (Å²) in [5.41, 5.74) is 8.42. The second-order valence-electron chi connectivity index (χ2n) is 7.85. The molecule has 31 heavy (non-hydrogen) atoms. The highest BCUT2D eigenvalue weighted by atomic mass is 15.1. The molecule has 0 spiro atoms. The first-order valence-electron chi connectivity index (χ1n) is 10.2. The number of nitrogens with zero attached hydrogens (tertiary/aromatic N) is 5. The smallest absolute Gasteiger partial charge is 0.133 e. The van der Waals surface area contributed by atoms with E-state index in [9.17, 15) is 0 Å². The van der Waals surface area contributed by atoms with Gasteiger partial charge in [-0.25, -0.2) is 15.0 Å². The number of hydrazone groups is 1. The lowest BCUT2D eigenvalue weighted by molar-refractivity contribution is 0.346. The van der Waals surface area contributed by atoms with Gasteiger partial charge in [-0.15, -0.1) is 0 Å². The Morgan fingerprint density at radius 1 is 1.23 bits per heavy atom. The lowest BCUT2D eigenvalue weighted by Crippen LogP contribution is -2.39. The molecule has 6 N–H and O–H groups in total. The monoisotopic (exact) mass is 417 g/mol. The van der Waals surface area contributed by atoms with Crippen LogP contribution in [0.1, 0.15) is 31.0 Å². The molecule has 0 unspecified atom stereocenters.